The zero-order valence-electron chi connectivity index (χ0n) is 14.2. The standard InChI is InChI=1S/C19H30O2S/c1-4-5-6-7-8-9-10-18(19(20)21)16-11-13-17(14-12-16)22-15(2)3/h11-15,18H,4-10H2,1-3H3,(H,20,21). The van der Waals surface area contributed by atoms with E-state index in [1.54, 1.807) is 0 Å². The summed E-state index contributed by atoms with van der Waals surface area (Å²) in [7, 11) is 0. The molecule has 22 heavy (non-hydrogen) atoms. The van der Waals surface area contributed by atoms with Gasteiger partial charge < -0.3 is 5.11 Å². The summed E-state index contributed by atoms with van der Waals surface area (Å²) < 4.78 is 0. The average Bonchev–Trinajstić information content (AvgIpc) is 2.47. The first-order chi connectivity index (χ1) is 10.5. The highest BCUT2D eigenvalue weighted by molar-refractivity contribution is 7.99. The van der Waals surface area contributed by atoms with E-state index in [1.165, 1.54) is 30.6 Å². The molecule has 0 aromatic heterocycles. The van der Waals surface area contributed by atoms with Crippen LogP contribution >= 0.6 is 11.8 Å². The molecular formula is C19H30O2S. The van der Waals surface area contributed by atoms with Crippen molar-refractivity contribution in [3.05, 3.63) is 29.8 Å². The number of carboxylic acid groups (broad SMARTS) is 1. The minimum absolute atomic E-state index is 0.357. The van der Waals surface area contributed by atoms with Gasteiger partial charge in [0.15, 0.2) is 0 Å². The fourth-order valence-electron chi connectivity index (χ4n) is 2.61. The molecule has 0 heterocycles. The van der Waals surface area contributed by atoms with Crippen molar-refractivity contribution >= 4 is 17.7 Å². The molecule has 124 valence electrons. The topological polar surface area (TPSA) is 37.3 Å². The Hall–Kier alpha value is -0.960. The van der Waals surface area contributed by atoms with Crippen LogP contribution in [0.3, 0.4) is 0 Å². The lowest BCUT2D eigenvalue weighted by molar-refractivity contribution is -0.139. The first-order valence-electron chi connectivity index (χ1n) is 8.54. The predicted molar refractivity (Wildman–Crippen MR) is 95.8 cm³/mol. The van der Waals surface area contributed by atoms with Gasteiger partial charge in [-0.05, 0) is 24.1 Å². The number of benzene rings is 1. The van der Waals surface area contributed by atoms with E-state index >= 15 is 0 Å². The van der Waals surface area contributed by atoms with Crippen LogP contribution in [0.5, 0.6) is 0 Å². The first-order valence-corrected chi connectivity index (χ1v) is 9.42. The maximum Gasteiger partial charge on any atom is 0.310 e. The molecule has 0 spiro atoms. The second-order valence-corrected chi connectivity index (χ2v) is 7.83. The molecule has 3 heteroatoms. The minimum atomic E-state index is -0.696. The molecule has 0 radical (unpaired) electrons. The van der Waals surface area contributed by atoms with Crippen LogP contribution in [0.1, 0.15) is 77.2 Å². The summed E-state index contributed by atoms with van der Waals surface area (Å²) >= 11 is 1.81. The number of thioether (sulfide) groups is 1. The van der Waals surface area contributed by atoms with Crippen molar-refractivity contribution in [3.8, 4) is 0 Å². The van der Waals surface area contributed by atoms with E-state index in [0.717, 1.165) is 24.8 Å². The number of carboxylic acids is 1. The van der Waals surface area contributed by atoms with Crippen molar-refractivity contribution in [1.82, 2.24) is 0 Å². The first kappa shape index (κ1) is 19.1. The van der Waals surface area contributed by atoms with Gasteiger partial charge in [-0.25, -0.2) is 0 Å². The Labute approximate surface area is 139 Å². The van der Waals surface area contributed by atoms with Gasteiger partial charge in [0.05, 0.1) is 5.92 Å². The van der Waals surface area contributed by atoms with Crippen LogP contribution in [-0.4, -0.2) is 16.3 Å². The molecule has 1 atom stereocenters. The van der Waals surface area contributed by atoms with Crippen molar-refractivity contribution in [2.75, 3.05) is 0 Å². The van der Waals surface area contributed by atoms with Gasteiger partial charge in [-0.2, -0.15) is 0 Å². The lowest BCUT2D eigenvalue weighted by atomic mass is 9.93. The molecule has 1 aromatic rings. The largest absolute Gasteiger partial charge is 0.481 e. The lowest BCUT2D eigenvalue weighted by Crippen LogP contribution is -2.11. The molecular weight excluding hydrogens is 292 g/mol. The SMILES string of the molecule is CCCCCCCCC(C(=O)O)c1ccc(SC(C)C)cc1. The summed E-state index contributed by atoms with van der Waals surface area (Å²) in [5, 5.41) is 10.0. The number of hydrogen-bond acceptors (Lipinski definition) is 2. The number of hydrogen-bond donors (Lipinski definition) is 1. The molecule has 0 fully saturated rings. The van der Waals surface area contributed by atoms with Gasteiger partial charge in [-0.15, -0.1) is 11.8 Å². The summed E-state index contributed by atoms with van der Waals surface area (Å²) in [6, 6.07) is 8.08. The maximum atomic E-state index is 11.5. The second-order valence-electron chi connectivity index (χ2n) is 6.18. The normalized spacial score (nSPS) is 12.5. The zero-order chi connectivity index (χ0) is 16.4. The van der Waals surface area contributed by atoms with Gasteiger partial charge >= 0.3 is 5.97 Å². The van der Waals surface area contributed by atoms with Gasteiger partial charge in [0.2, 0.25) is 0 Å². The van der Waals surface area contributed by atoms with Crippen LogP contribution in [0.2, 0.25) is 0 Å². The Morgan fingerprint density at radius 2 is 1.64 bits per heavy atom. The molecule has 1 unspecified atom stereocenters. The summed E-state index contributed by atoms with van der Waals surface area (Å²) in [5.41, 5.74) is 0.939. The number of unbranched alkanes of at least 4 members (excludes halogenated alkanes) is 5. The fourth-order valence-corrected chi connectivity index (χ4v) is 3.45. The molecule has 1 aromatic carbocycles. The van der Waals surface area contributed by atoms with Crippen molar-refractivity contribution in [3.63, 3.8) is 0 Å². The van der Waals surface area contributed by atoms with Crippen molar-refractivity contribution in [2.45, 2.75) is 81.8 Å². The van der Waals surface area contributed by atoms with E-state index in [-0.39, 0.29) is 5.92 Å². The van der Waals surface area contributed by atoms with Crippen molar-refractivity contribution in [2.24, 2.45) is 0 Å². The minimum Gasteiger partial charge on any atom is -0.481 e. The Morgan fingerprint density at radius 3 is 2.18 bits per heavy atom. The van der Waals surface area contributed by atoms with Crippen LogP contribution in [0.15, 0.2) is 29.2 Å². The van der Waals surface area contributed by atoms with E-state index in [1.807, 2.05) is 23.9 Å². The second kappa shape index (κ2) is 10.7. The van der Waals surface area contributed by atoms with Gasteiger partial charge in [0.1, 0.15) is 0 Å². The molecule has 1 rings (SSSR count). The smallest absolute Gasteiger partial charge is 0.310 e. The molecule has 0 bridgehead atoms. The Balaban J connectivity index is 2.50. The quantitative estimate of drug-likeness (QED) is 0.395. The average molecular weight is 323 g/mol. The lowest BCUT2D eigenvalue weighted by Gasteiger charge is -2.14. The van der Waals surface area contributed by atoms with Gasteiger partial charge in [-0.3, -0.25) is 4.79 Å². The Kier molecular flexibility index (Phi) is 9.30. The third-order valence-corrected chi connectivity index (χ3v) is 4.81. The van der Waals surface area contributed by atoms with Crippen LogP contribution in [0, 0.1) is 0 Å². The number of rotatable bonds is 11. The zero-order valence-corrected chi connectivity index (χ0v) is 15.0. The van der Waals surface area contributed by atoms with Crippen molar-refractivity contribution in [1.29, 1.82) is 0 Å². The van der Waals surface area contributed by atoms with E-state index in [0.29, 0.717) is 5.25 Å². The predicted octanol–water partition coefficient (Wildman–Crippen LogP) is 6.11. The Morgan fingerprint density at radius 1 is 1.05 bits per heavy atom. The highest BCUT2D eigenvalue weighted by Gasteiger charge is 2.19. The Bertz CT molecular complexity index is 426. The van der Waals surface area contributed by atoms with E-state index in [2.05, 4.69) is 32.9 Å². The van der Waals surface area contributed by atoms with E-state index < -0.39 is 5.97 Å². The molecule has 0 saturated carbocycles. The molecule has 2 nitrogen and oxygen atoms in total. The van der Waals surface area contributed by atoms with Gasteiger partial charge in [0.25, 0.3) is 0 Å². The maximum absolute atomic E-state index is 11.5. The molecule has 0 aliphatic rings. The number of aliphatic carboxylic acids is 1. The third-order valence-electron chi connectivity index (χ3n) is 3.80. The summed E-state index contributed by atoms with van der Waals surface area (Å²) in [6.07, 6.45) is 7.93. The fraction of sp³-hybridized carbons (Fsp3) is 0.632. The van der Waals surface area contributed by atoms with Crippen LogP contribution in [-0.2, 0) is 4.79 Å². The highest BCUT2D eigenvalue weighted by Crippen LogP contribution is 2.28. The molecule has 0 aliphatic carbocycles. The summed E-state index contributed by atoms with van der Waals surface area (Å²) in [5.74, 6) is -1.05. The van der Waals surface area contributed by atoms with Gasteiger partial charge in [0, 0.05) is 10.1 Å². The number of carbonyl (C=O) groups is 1. The third kappa shape index (κ3) is 7.35. The van der Waals surface area contributed by atoms with E-state index in [9.17, 15) is 9.90 Å². The van der Waals surface area contributed by atoms with Crippen LogP contribution < -0.4 is 0 Å². The van der Waals surface area contributed by atoms with Crippen molar-refractivity contribution < 1.29 is 9.90 Å². The van der Waals surface area contributed by atoms with Crippen LogP contribution in [0.25, 0.3) is 0 Å². The van der Waals surface area contributed by atoms with Gasteiger partial charge in [-0.1, -0.05) is 71.4 Å². The summed E-state index contributed by atoms with van der Waals surface area (Å²) in [6.45, 7) is 6.54. The highest BCUT2D eigenvalue weighted by atomic mass is 32.2. The molecule has 0 amide bonds. The van der Waals surface area contributed by atoms with E-state index in [4.69, 9.17) is 0 Å². The molecule has 1 N–H and O–H groups in total. The van der Waals surface area contributed by atoms with Crippen LogP contribution in [0.4, 0.5) is 0 Å². The molecule has 0 saturated heterocycles. The monoisotopic (exact) mass is 322 g/mol. The molecule has 0 aliphatic heterocycles. The summed E-state index contributed by atoms with van der Waals surface area (Å²) in [4.78, 5) is 12.7.